The third-order valence-electron chi connectivity index (χ3n) is 4.38. The van der Waals surface area contributed by atoms with Gasteiger partial charge in [-0.15, -0.1) is 0 Å². The molecule has 0 saturated carbocycles. The van der Waals surface area contributed by atoms with Crippen LogP contribution in [0.1, 0.15) is 11.3 Å². The topological polar surface area (TPSA) is 48.8 Å². The molecule has 1 aromatic carbocycles. The SMILES string of the molecule is COC[C@@H]1CN(Cc2ccc3c(c2)OCO3)Cc2ccnn2C1. The number of rotatable bonds is 4. The fourth-order valence-electron chi connectivity index (χ4n) is 3.38. The number of hydrogen-bond donors (Lipinski definition) is 0. The summed E-state index contributed by atoms with van der Waals surface area (Å²) in [6.07, 6.45) is 1.88. The molecule has 2 aromatic rings. The lowest BCUT2D eigenvalue weighted by Crippen LogP contribution is -2.29. The van der Waals surface area contributed by atoms with Crippen LogP contribution in [-0.2, 0) is 24.4 Å². The molecule has 0 radical (unpaired) electrons. The summed E-state index contributed by atoms with van der Waals surface area (Å²) in [7, 11) is 1.76. The molecule has 0 spiro atoms. The number of ether oxygens (including phenoxy) is 3. The lowest BCUT2D eigenvalue weighted by Gasteiger charge is -2.23. The predicted molar refractivity (Wildman–Crippen MR) is 84.3 cm³/mol. The lowest BCUT2D eigenvalue weighted by molar-refractivity contribution is 0.114. The van der Waals surface area contributed by atoms with Gasteiger partial charge in [0.05, 0.1) is 12.3 Å². The zero-order chi connectivity index (χ0) is 15.6. The number of methoxy groups -OCH3 is 1. The summed E-state index contributed by atoms with van der Waals surface area (Å²) in [5.41, 5.74) is 2.49. The Balaban J connectivity index is 1.53. The average Bonchev–Trinajstić information content (AvgIpc) is 3.13. The van der Waals surface area contributed by atoms with Crippen LogP contribution < -0.4 is 9.47 Å². The highest BCUT2D eigenvalue weighted by atomic mass is 16.7. The molecule has 0 aliphatic carbocycles. The number of fused-ring (bicyclic) bond motifs is 2. The fourth-order valence-corrected chi connectivity index (χ4v) is 3.38. The van der Waals surface area contributed by atoms with Crippen LogP contribution in [0.3, 0.4) is 0 Å². The molecule has 3 heterocycles. The van der Waals surface area contributed by atoms with Gasteiger partial charge in [-0.05, 0) is 23.8 Å². The minimum atomic E-state index is 0.317. The molecule has 2 aliphatic rings. The van der Waals surface area contributed by atoms with Crippen LogP contribution in [0, 0.1) is 5.92 Å². The first-order chi connectivity index (χ1) is 11.3. The van der Waals surface area contributed by atoms with Crippen molar-refractivity contribution >= 4 is 0 Å². The Morgan fingerprint density at radius 1 is 1.22 bits per heavy atom. The summed E-state index contributed by atoms with van der Waals surface area (Å²) in [6, 6.07) is 8.28. The quantitative estimate of drug-likeness (QED) is 0.862. The largest absolute Gasteiger partial charge is 0.454 e. The number of benzene rings is 1. The van der Waals surface area contributed by atoms with Gasteiger partial charge in [0, 0.05) is 45.4 Å². The van der Waals surface area contributed by atoms with Crippen molar-refractivity contribution in [3.63, 3.8) is 0 Å². The molecule has 23 heavy (non-hydrogen) atoms. The van der Waals surface area contributed by atoms with E-state index in [2.05, 4.69) is 32.9 Å². The fraction of sp³-hybridized carbons (Fsp3) is 0.471. The van der Waals surface area contributed by atoms with Crippen molar-refractivity contribution in [2.24, 2.45) is 5.92 Å². The van der Waals surface area contributed by atoms with Crippen molar-refractivity contribution in [1.29, 1.82) is 0 Å². The maximum absolute atomic E-state index is 5.48. The van der Waals surface area contributed by atoms with Gasteiger partial charge in [-0.25, -0.2) is 0 Å². The first-order valence-electron chi connectivity index (χ1n) is 7.92. The summed E-state index contributed by atoms with van der Waals surface area (Å²) in [6.45, 7) is 4.74. The second-order valence-corrected chi connectivity index (χ2v) is 6.18. The lowest BCUT2D eigenvalue weighted by atomic mass is 10.1. The van der Waals surface area contributed by atoms with Crippen LogP contribution >= 0.6 is 0 Å². The molecule has 0 unspecified atom stereocenters. The van der Waals surface area contributed by atoms with Gasteiger partial charge in [0.25, 0.3) is 0 Å². The Morgan fingerprint density at radius 2 is 2.13 bits per heavy atom. The van der Waals surface area contributed by atoms with E-state index in [0.29, 0.717) is 12.7 Å². The van der Waals surface area contributed by atoms with Crippen molar-refractivity contribution in [2.45, 2.75) is 19.6 Å². The van der Waals surface area contributed by atoms with Gasteiger partial charge in [0.2, 0.25) is 6.79 Å². The molecular weight excluding hydrogens is 294 g/mol. The predicted octanol–water partition coefficient (Wildman–Crippen LogP) is 1.89. The zero-order valence-electron chi connectivity index (χ0n) is 13.3. The molecule has 2 aliphatic heterocycles. The van der Waals surface area contributed by atoms with Gasteiger partial charge in [0.1, 0.15) is 0 Å². The third kappa shape index (κ3) is 3.04. The van der Waals surface area contributed by atoms with Crippen LogP contribution in [0.15, 0.2) is 30.5 Å². The first kappa shape index (κ1) is 14.5. The Hall–Kier alpha value is -2.05. The van der Waals surface area contributed by atoms with Crippen molar-refractivity contribution in [3.8, 4) is 11.5 Å². The minimum absolute atomic E-state index is 0.317. The first-order valence-corrected chi connectivity index (χ1v) is 7.92. The summed E-state index contributed by atoms with van der Waals surface area (Å²) < 4.78 is 18.3. The van der Waals surface area contributed by atoms with Crippen LogP contribution in [0.25, 0.3) is 0 Å². The highest BCUT2D eigenvalue weighted by Gasteiger charge is 2.23. The molecule has 122 valence electrons. The highest BCUT2D eigenvalue weighted by Crippen LogP contribution is 2.33. The number of nitrogens with zero attached hydrogens (tertiary/aromatic N) is 3. The number of aromatic nitrogens is 2. The van der Waals surface area contributed by atoms with Crippen LogP contribution in [0.5, 0.6) is 11.5 Å². The molecule has 1 atom stereocenters. The molecule has 0 bridgehead atoms. The molecular formula is C17H21N3O3. The van der Waals surface area contributed by atoms with Crippen molar-refractivity contribution in [2.75, 3.05) is 27.1 Å². The zero-order valence-corrected chi connectivity index (χ0v) is 13.3. The summed E-state index contributed by atoms with van der Waals surface area (Å²) >= 11 is 0. The molecule has 0 saturated heterocycles. The van der Waals surface area contributed by atoms with Crippen molar-refractivity contribution in [3.05, 3.63) is 41.7 Å². The van der Waals surface area contributed by atoms with E-state index < -0.39 is 0 Å². The van der Waals surface area contributed by atoms with E-state index in [0.717, 1.165) is 44.3 Å². The molecule has 1 aromatic heterocycles. The second-order valence-electron chi connectivity index (χ2n) is 6.18. The second kappa shape index (κ2) is 6.22. The Kier molecular flexibility index (Phi) is 3.93. The van der Waals surface area contributed by atoms with Crippen molar-refractivity contribution in [1.82, 2.24) is 14.7 Å². The van der Waals surface area contributed by atoms with E-state index in [9.17, 15) is 0 Å². The minimum Gasteiger partial charge on any atom is -0.454 e. The smallest absolute Gasteiger partial charge is 0.231 e. The van der Waals surface area contributed by atoms with E-state index in [1.54, 1.807) is 7.11 Å². The Morgan fingerprint density at radius 3 is 3.04 bits per heavy atom. The van der Waals surface area contributed by atoms with Crippen LogP contribution in [0.4, 0.5) is 0 Å². The standard InChI is InChI=1S/C17H21N3O3/c1-21-11-14-8-19(10-15-4-5-18-20(15)9-14)7-13-2-3-16-17(6-13)23-12-22-16/h2-6,14H,7-12H2,1H3/t14-/m1/s1. The monoisotopic (exact) mass is 315 g/mol. The maximum atomic E-state index is 5.48. The van der Waals surface area contributed by atoms with Crippen LogP contribution in [0.2, 0.25) is 0 Å². The van der Waals surface area contributed by atoms with Gasteiger partial charge in [-0.3, -0.25) is 9.58 Å². The van der Waals surface area contributed by atoms with Gasteiger partial charge in [-0.2, -0.15) is 5.10 Å². The molecule has 6 heteroatoms. The van der Waals surface area contributed by atoms with E-state index in [1.165, 1.54) is 11.3 Å². The van der Waals surface area contributed by atoms with Gasteiger partial charge in [-0.1, -0.05) is 6.07 Å². The molecule has 0 fully saturated rings. The Bertz CT molecular complexity index is 685. The highest BCUT2D eigenvalue weighted by molar-refractivity contribution is 5.44. The maximum Gasteiger partial charge on any atom is 0.231 e. The Labute approximate surface area is 135 Å². The third-order valence-corrected chi connectivity index (χ3v) is 4.38. The average molecular weight is 315 g/mol. The molecule has 4 rings (SSSR count). The van der Waals surface area contributed by atoms with Crippen molar-refractivity contribution < 1.29 is 14.2 Å². The summed E-state index contributed by atoms with van der Waals surface area (Å²) in [5.74, 6) is 2.12. The van der Waals surface area contributed by atoms with E-state index in [-0.39, 0.29) is 0 Å². The van der Waals surface area contributed by atoms with Gasteiger partial charge >= 0.3 is 0 Å². The molecule has 6 nitrogen and oxygen atoms in total. The van der Waals surface area contributed by atoms with Gasteiger partial charge < -0.3 is 14.2 Å². The summed E-state index contributed by atoms with van der Waals surface area (Å²) in [5, 5.41) is 4.44. The van der Waals surface area contributed by atoms with Gasteiger partial charge in [0.15, 0.2) is 11.5 Å². The number of hydrogen-bond acceptors (Lipinski definition) is 5. The van der Waals surface area contributed by atoms with E-state index in [1.807, 2.05) is 12.3 Å². The normalized spacial score (nSPS) is 20.3. The van der Waals surface area contributed by atoms with E-state index in [4.69, 9.17) is 14.2 Å². The van der Waals surface area contributed by atoms with E-state index >= 15 is 0 Å². The molecule has 0 N–H and O–H groups in total. The van der Waals surface area contributed by atoms with Crippen LogP contribution in [-0.4, -0.2) is 41.7 Å². The summed E-state index contributed by atoms with van der Waals surface area (Å²) in [4.78, 5) is 2.45. The molecule has 0 amide bonds.